The van der Waals surface area contributed by atoms with Crippen molar-refractivity contribution in [2.75, 3.05) is 18.8 Å². The standard InChI is InChI=1S/C17H26FNO3S/c1-16(2,3)13-23(21,22)19-9-7-17(20,8-10-19)12-14-5-4-6-15(18)11-14/h4-6,11,20H,7-10,12-13H2,1-3H3. The fraction of sp³-hybridized carbons (Fsp3) is 0.647. The van der Waals surface area contributed by atoms with Crippen molar-refractivity contribution < 1.29 is 17.9 Å². The van der Waals surface area contributed by atoms with Crippen LogP contribution in [0.3, 0.4) is 0 Å². The molecule has 0 aliphatic carbocycles. The van der Waals surface area contributed by atoms with Crippen LogP contribution in [0.15, 0.2) is 24.3 Å². The SMILES string of the molecule is CC(C)(C)CS(=O)(=O)N1CCC(O)(Cc2cccc(F)c2)CC1. The molecule has 23 heavy (non-hydrogen) atoms. The van der Waals surface area contributed by atoms with Crippen LogP contribution in [0, 0.1) is 11.2 Å². The average molecular weight is 343 g/mol. The largest absolute Gasteiger partial charge is 0.389 e. The number of aliphatic hydroxyl groups is 1. The van der Waals surface area contributed by atoms with Crippen LogP contribution in [0.5, 0.6) is 0 Å². The van der Waals surface area contributed by atoms with Crippen LogP contribution in [0.2, 0.25) is 0 Å². The molecule has 130 valence electrons. The van der Waals surface area contributed by atoms with Gasteiger partial charge in [0.05, 0.1) is 11.4 Å². The van der Waals surface area contributed by atoms with E-state index in [-0.39, 0.29) is 17.0 Å². The van der Waals surface area contributed by atoms with Crippen LogP contribution in [-0.4, -0.2) is 42.3 Å². The van der Waals surface area contributed by atoms with E-state index in [0.29, 0.717) is 32.4 Å². The Morgan fingerprint density at radius 3 is 2.39 bits per heavy atom. The van der Waals surface area contributed by atoms with Crippen molar-refractivity contribution >= 4 is 10.0 Å². The Balaban J connectivity index is 2.00. The van der Waals surface area contributed by atoms with E-state index < -0.39 is 15.6 Å². The van der Waals surface area contributed by atoms with E-state index in [4.69, 9.17) is 0 Å². The number of piperidine rings is 1. The minimum Gasteiger partial charge on any atom is -0.389 e. The highest BCUT2D eigenvalue weighted by atomic mass is 32.2. The number of benzene rings is 1. The zero-order valence-corrected chi connectivity index (χ0v) is 14.9. The summed E-state index contributed by atoms with van der Waals surface area (Å²) in [6, 6.07) is 6.19. The van der Waals surface area contributed by atoms with Gasteiger partial charge in [0, 0.05) is 19.5 Å². The summed E-state index contributed by atoms with van der Waals surface area (Å²) in [6.07, 6.45) is 1.08. The molecule has 1 aromatic rings. The molecule has 4 nitrogen and oxygen atoms in total. The van der Waals surface area contributed by atoms with Crippen molar-refractivity contribution in [3.63, 3.8) is 0 Å². The van der Waals surface area contributed by atoms with Crippen molar-refractivity contribution in [3.8, 4) is 0 Å². The first-order valence-corrected chi connectivity index (χ1v) is 9.55. The molecule has 1 aliphatic rings. The smallest absolute Gasteiger partial charge is 0.214 e. The number of rotatable bonds is 4. The summed E-state index contributed by atoms with van der Waals surface area (Å²) in [5, 5.41) is 10.7. The first kappa shape index (κ1) is 18.4. The van der Waals surface area contributed by atoms with Gasteiger partial charge < -0.3 is 5.11 Å². The van der Waals surface area contributed by atoms with Crippen molar-refractivity contribution in [1.82, 2.24) is 4.31 Å². The second-order valence-electron chi connectivity index (χ2n) is 7.75. The normalized spacial score (nSPS) is 19.7. The molecule has 1 fully saturated rings. The Morgan fingerprint density at radius 2 is 1.87 bits per heavy atom. The van der Waals surface area contributed by atoms with Crippen molar-refractivity contribution in [1.29, 1.82) is 0 Å². The Kier molecular flexibility index (Phi) is 5.18. The summed E-state index contributed by atoms with van der Waals surface area (Å²) in [7, 11) is -3.31. The maximum Gasteiger partial charge on any atom is 0.214 e. The molecule has 6 heteroatoms. The maximum atomic E-state index is 13.3. The van der Waals surface area contributed by atoms with E-state index in [2.05, 4.69) is 0 Å². The lowest BCUT2D eigenvalue weighted by atomic mass is 9.86. The second-order valence-corrected chi connectivity index (χ2v) is 9.72. The summed E-state index contributed by atoms with van der Waals surface area (Å²) in [5.41, 5.74) is -0.533. The van der Waals surface area contributed by atoms with Gasteiger partial charge in [0.2, 0.25) is 10.0 Å². The van der Waals surface area contributed by atoms with Crippen LogP contribution in [-0.2, 0) is 16.4 Å². The van der Waals surface area contributed by atoms with Gasteiger partial charge >= 0.3 is 0 Å². The Hall–Kier alpha value is -0.980. The van der Waals surface area contributed by atoms with Crippen LogP contribution in [0.25, 0.3) is 0 Å². The molecule has 0 amide bonds. The predicted molar refractivity (Wildman–Crippen MR) is 89.1 cm³/mol. The van der Waals surface area contributed by atoms with E-state index in [0.717, 1.165) is 5.56 Å². The van der Waals surface area contributed by atoms with Gasteiger partial charge in [-0.2, -0.15) is 0 Å². The lowest BCUT2D eigenvalue weighted by Gasteiger charge is -2.38. The monoisotopic (exact) mass is 343 g/mol. The first-order chi connectivity index (χ1) is 10.5. The zero-order valence-electron chi connectivity index (χ0n) is 14.0. The molecular formula is C17H26FNO3S. The lowest BCUT2D eigenvalue weighted by molar-refractivity contribution is -0.00452. The van der Waals surface area contributed by atoms with Crippen LogP contribution < -0.4 is 0 Å². The molecule has 0 bridgehead atoms. The minimum atomic E-state index is -3.31. The van der Waals surface area contributed by atoms with Gasteiger partial charge in [0.15, 0.2) is 0 Å². The quantitative estimate of drug-likeness (QED) is 0.914. The molecular weight excluding hydrogens is 317 g/mol. The topological polar surface area (TPSA) is 57.6 Å². The Bertz CT molecular complexity index is 644. The third-order valence-corrected chi connectivity index (χ3v) is 6.47. The summed E-state index contributed by atoms with van der Waals surface area (Å²) in [4.78, 5) is 0. The highest BCUT2D eigenvalue weighted by Gasteiger charge is 2.37. The van der Waals surface area contributed by atoms with Crippen molar-refractivity contribution in [2.45, 2.75) is 45.6 Å². The van der Waals surface area contributed by atoms with Gasteiger partial charge in [0.1, 0.15) is 5.82 Å². The highest BCUT2D eigenvalue weighted by molar-refractivity contribution is 7.89. The molecule has 0 unspecified atom stereocenters. The summed E-state index contributed by atoms with van der Waals surface area (Å²) < 4.78 is 39.5. The molecule has 0 spiro atoms. The average Bonchev–Trinajstić information content (AvgIpc) is 2.35. The molecule has 0 aromatic heterocycles. The number of halogens is 1. The Labute approximate surface area is 138 Å². The molecule has 1 aliphatic heterocycles. The first-order valence-electron chi connectivity index (χ1n) is 7.94. The van der Waals surface area contributed by atoms with Gasteiger partial charge in [-0.3, -0.25) is 0 Å². The third kappa shape index (κ3) is 5.26. The van der Waals surface area contributed by atoms with Crippen molar-refractivity contribution in [2.24, 2.45) is 5.41 Å². The number of sulfonamides is 1. The van der Waals surface area contributed by atoms with Gasteiger partial charge in [-0.15, -0.1) is 0 Å². The van der Waals surface area contributed by atoms with Gasteiger partial charge in [-0.25, -0.2) is 17.1 Å². The van der Waals surface area contributed by atoms with Gasteiger partial charge in [0.25, 0.3) is 0 Å². The van der Waals surface area contributed by atoms with E-state index in [1.54, 1.807) is 12.1 Å². The van der Waals surface area contributed by atoms with Crippen LogP contribution >= 0.6 is 0 Å². The number of hydrogen-bond donors (Lipinski definition) is 1. The van der Waals surface area contributed by atoms with Crippen LogP contribution in [0.4, 0.5) is 4.39 Å². The molecule has 0 radical (unpaired) electrons. The molecule has 1 aromatic carbocycles. The number of nitrogens with zero attached hydrogens (tertiary/aromatic N) is 1. The molecule has 1 heterocycles. The minimum absolute atomic E-state index is 0.0995. The zero-order chi connectivity index (χ0) is 17.3. The van der Waals surface area contributed by atoms with E-state index >= 15 is 0 Å². The maximum absolute atomic E-state index is 13.3. The molecule has 2 rings (SSSR count). The molecule has 0 saturated carbocycles. The lowest BCUT2D eigenvalue weighted by Crippen LogP contribution is -2.49. The molecule has 0 atom stereocenters. The fourth-order valence-electron chi connectivity index (χ4n) is 3.02. The van der Waals surface area contributed by atoms with Gasteiger partial charge in [-0.1, -0.05) is 32.9 Å². The summed E-state index contributed by atoms with van der Waals surface area (Å²) in [6.45, 7) is 6.31. The fourth-order valence-corrected chi connectivity index (χ4v) is 5.04. The molecule has 1 saturated heterocycles. The second kappa shape index (κ2) is 6.49. The van der Waals surface area contributed by atoms with Crippen molar-refractivity contribution in [3.05, 3.63) is 35.6 Å². The summed E-state index contributed by atoms with van der Waals surface area (Å²) in [5.74, 6) is -0.223. The molecule has 1 N–H and O–H groups in total. The Morgan fingerprint density at radius 1 is 1.26 bits per heavy atom. The third-order valence-electron chi connectivity index (χ3n) is 4.08. The summed E-state index contributed by atoms with van der Waals surface area (Å²) >= 11 is 0. The predicted octanol–water partition coefficient (Wildman–Crippen LogP) is 2.57. The highest BCUT2D eigenvalue weighted by Crippen LogP contribution is 2.29. The van der Waals surface area contributed by atoms with E-state index in [1.165, 1.54) is 16.4 Å². The number of hydrogen-bond acceptors (Lipinski definition) is 3. The van der Waals surface area contributed by atoms with Gasteiger partial charge in [-0.05, 0) is 36.0 Å². The van der Waals surface area contributed by atoms with E-state index in [1.807, 2.05) is 20.8 Å². The van der Waals surface area contributed by atoms with E-state index in [9.17, 15) is 17.9 Å². The van der Waals surface area contributed by atoms with Crippen LogP contribution in [0.1, 0.15) is 39.2 Å².